The first-order valence-electron chi connectivity index (χ1n) is 10.1. The summed E-state index contributed by atoms with van der Waals surface area (Å²) in [4.78, 5) is 29.6. The molecule has 166 valence electrons. The zero-order valence-electron chi connectivity index (χ0n) is 17.7. The van der Waals surface area contributed by atoms with E-state index < -0.39 is 12.0 Å². The Bertz CT molecular complexity index is 1130. The molecule has 4 rings (SSSR count). The Balaban J connectivity index is 1.81. The van der Waals surface area contributed by atoms with Gasteiger partial charge in [0.1, 0.15) is 5.75 Å². The number of hydrogen-bond donors (Lipinski definition) is 1. The molecular weight excluding hydrogens is 448 g/mol. The lowest BCUT2D eigenvalue weighted by molar-refractivity contribution is -0.119. The number of carbonyl (C=O) groups excluding carboxylic acids is 2. The van der Waals surface area contributed by atoms with E-state index in [1.54, 1.807) is 49.5 Å². The molecule has 32 heavy (non-hydrogen) atoms. The molecule has 0 spiro atoms. The number of fused-ring (bicyclic) bond motifs is 1. The summed E-state index contributed by atoms with van der Waals surface area (Å²) in [6, 6.07) is 15.7. The van der Waals surface area contributed by atoms with E-state index in [0.29, 0.717) is 40.7 Å². The molecule has 0 radical (unpaired) electrons. The average Bonchev–Trinajstić information content (AvgIpc) is 3.23. The second kappa shape index (κ2) is 9.73. The molecule has 8 heteroatoms. The largest absolute Gasteiger partial charge is 0.497 e. The minimum absolute atomic E-state index is 0.141. The number of halogens is 1. The highest BCUT2D eigenvalue weighted by molar-refractivity contribution is 7.10. The van der Waals surface area contributed by atoms with E-state index in [-0.39, 0.29) is 11.8 Å². The van der Waals surface area contributed by atoms with Gasteiger partial charge in [-0.3, -0.25) is 9.59 Å². The first kappa shape index (κ1) is 22.3. The number of methoxy groups -OCH3 is 2. The van der Waals surface area contributed by atoms with E-state index in [0.717, 1.165) is 4.88 Å². The summed E-state index contributed by atoms with van der Waals surface area (Å²) in [6.45, 7) is 0.684. The van der Waals surface area contributed by atoms with E-state index in [2.05, 4.69) is 5.32 Å². The minimum Gasteiger partial charge on any atom is -0.497 e. The fourth-order valence-corrected chi connectivity index (χ4v) is 5.36. The lowest BCUT2D eigenvalue weighted by Crippen LogP contribution is -2.47. The molecule has 0 fully saturated rings. The summed E-state index contributed by atoms with van der Waals surface area (Å²) >= 11 is 7.95. The molecular formula is C24H23ClN2O4S. The molecule has 2 aromatic carbocycles. The van der Waals surface area contributed by atoms with Crippen molar-refractivity contribution in [2.75, 3.05) is 32.7 Å². The van der Waals surface area contributed by atoms with Crippen molar-refractivity contribution in [3.8, 4) is 5.75 Å². The van der Waals surface area contributed by atoms with Crippen LogP contribution >= 0.6 is 22.9 Å². The maximum Gasteiger partial charge on any atom is 0.254 e. The Hall–Kier alpha value is -2.87. The number of nitrogens with zero attached hydrogens (tertiary/aromatic N) is 1. The van der Waals surface area contributed by atoms with Crippen LogP contribution in [0.3, 0.4) is 0 Å². The summed E-state index contributed by atoms with van der Waals surface area (Å²) in [5.41, 5.74) is 1.81. The van der Waals surface area contributed by atoms with Gasteiger partial charge in [0.25, 0.3) is 5.91 Å². The first-order chi connectivity index (χ1) is 15.5. The molecule has 0 saturated carbocycles. The summed E-state index contributed by atoms with van der Waals surface area (Å²) in [5.74, 6) is -0.377. The van der Waals surface area contributed by atoms with E-state index in [4.69, 9.17) is 21.1 Å². The zero-order valence-corrected chi connectivity index (χ0v) is 19.3. The molecule has 0 saturated heterocycles. The highest BCUT2D eigenvalue weighted by Gasteiger charge is 2.45. The summed E-state index contributed by atoms with van der Waals surface area (Å²) in [5, 5.41) is 5.41. The third-order valence-electron chi connectivity index (χ3n) is 5.51. The van der Waals surface area contributed by atoms with Crippen LogP contribution in [0.2, 0.25) is 5.02 Å². The van der Waals surface area contributed by atoms with E-state index in [9.17, 15) is 9.59 Å². The topological polar surface area (TPSA) is 67.9 Å². The molecule has 1 aromatic heterocycles. The van der Waals surface area contributed by atoms with Gasteiger partial charge in [-0.2, -0.15) is 0 Å². The number of rotatable bonds is 7. The Kier molecular flexibility index (Phi) is 6.79. The van der Waals surface area contributed by atoms with Crippen molar-refractivity contribution in [3.05, 3.63) is 81.0 Å². The number of anilines is 1. The second-order valence-corrected chi connectivity index (χ2v) is 8.71. The van der Waals surface area contributed by atoms with Crippen molar-refractivity contribution in [1.29, 1.82) is 0 Å². The van der Waals surface area contributed by atoms with Gasteiger partial charge in [-0.25, -0.2) is 0 Å². The van der Waals surface area contributed by atoms with Gasteiger partial charge in [-0.15, -0.1) is 11.3 Å². The highest BCUT2D eigenvalue weighted by atomic mass is 35.5. The number of nitrogens with one attached hydrogen (secondary N) is 1. The van der Waals surface area contributed by atoms with E-state index in [1.165, 1.54) is 11.3 Å². The molecule has 6 nitrogen and oxygen atoms in total. The smallest absolute Gasteiger partial charge is 0.254 e. The molecule has 0 bridgehead atoms. The van der Waals surface area contributed by atoms with Crippen molar-refractivity contribution in [1.82, 2.24) is 4.90 Å². The van der Waals surface area contributed by atoms with Crippen LogP contribution in [0.4, 0.5) is 5.69 Å². The van der Waals surface area contributed by atoms with Gasteiger partial charge >= 0.3 is 0 Å². The number of amides is 2. The van der Waals surface area contributed by atoms with Crippen LogP contribution in [0, 0.1) is 0 Å². The monoisotopic (exact) mass is 470 g/mol. The first-order valence-corrected chi connectivity index (χ1v) is 11.4. The number of carbonyl (C=O) groups is 2. The van der Waals surface area contributed by atoms with Crippen molar-refractivity contribution in [2.24, 2.45) is 0 Å². The maximum absolute atomic E-state index is 13.7. The van der Waals surface area contributed by atoms with E-state index >= 15 is 0 Å². The normalized spacial score (nSPS) is 17.7. The molecule has 2 heterocycles. The molecule has 1 N–H and O–H groups in total. The molecule has 1 aliphatic rings. The third kappa shape index (κ3) is 4.24. The van der Waals surface area contributed by atoms with Crippen LogP contribution in [0.15, 0.2) is 60.0 Å². The predicted octanol–water partition coefficient (Wildman–Crippen LogP) is 4.98. The fourth-order valence-electron chi connectivity index (χ4n) is 4.04. The minimum atomic E-state index is -0.650. The maximum atomic E-state index is 13.7. The fraction of sp³-hybridized carbons (Fsp3) is 0.250. The standard InChI is InChI=1S/C24H23ClN2O4S/c1-30-12-11-27-21(22-19(25)10-13-32-22)20(17-8-3-4-9-18(17)24(27)29)23(28)26-15-6-5-7-16(14-15)31-2/h3-10,13-14,20-21H,11-12H2,1-2H3,(H,26,28). The number of benzene rings is 2. The molecule has 2 amide bonds. The van der Waals surface area contributed by atoms with Crippen LogP contribution in [0.1, 0.15) is 32.8 Å². The van der Waals surface area contributed by atoms with Gasteiger partial charge in [-0.05, 0) is 35.2 Å². The van der Waals surface area contributed by atoms with E-state index in [1.807, 2.05) is 29.6 Å². The number of hydrogen-bond acceptors (Lipinski definition) is 5. The van der Waals surface area contributed by atoms with Crippen molar-refractivity contribution < 1.29 is 19.1 Å². The van der Waals surface area contributed by atoms with Crippen LogP contribution in [0.5, 0.6) is 5.75 Å². The lowest BCUT2D eigenvalue weighted by atomic mass is 9.81. The van der Waals surface area contributed by atoms with Gasteiger partial charge in [-0.1, -0.05) is 35.9 Å². The van der Waals surface area contributed by atoms with Crippen LogP contribution < -0.4 is 10.1 Å². The predicted molar refractivity (Wildman–Crippen MR) is 126 cm³/mol. The molecule has 2 atom stereocenters. The summed E-state index contributed by atoms with van der Waals surface area (Å²) in [6.07, 6.45) is 0. The Morgan fingerprint density at radius 3 is 2.69 bits per heavy atom. The highest BCUT2D eigenvalue weighted by Crippen LogP contribution is 2.46. The van der Waals surface area contributed by atoms with Crippen LogP contribution in [0.25, 0.3) is 0 Å². The second-order valence-electron chi connectivity index (χ2n) is 7.36. The third-order valence-corrected chi connectivity index (χ3v) is 6.94. The Labute approximate surface area is 195 Å². The molecule has 1 aliphatic heterocycles. The van der Waals surface area contributed by atoms with Crippen molar-refractivity contribution in [2.45, 2.75) is 12.0 Å². The van der Waals surface area contributed by atoms with Crippen molar-refractivity contribution in [3.63, 3.8) is 0 Å². The SMILES string of the molecule is COCCN1C(=O)c2ccccc2C(C(=O)Nc2cccc(OC)c2)C1c1sccc1Cl. The van der Waals surface area contributed by atoms with Gasteiger partial charge in [0.2, 0.25) is 5.91 Å². The quantitative estimate of drug-likeness (QED) is 0.529. The molecule has 2 unspecified atom stereocenters. The Morgan fingerprint density at radius 1 is 1.16 bits per heavy atom. The lowest BCUT2D eigenvalue weighted by Gasteiger charge is -2.41. The average molecular weight is 471 g/mol. The summed E-state index contributed by atoms with van der Waals surface area (Å²) < 4.78 is 10.5. The number of thiophene rings is 1. The zero-order chi connectivity index (χ0) is 22.7. The van der Waals surface area contributed by atoms with Crippen LogP contribution in [-0.4, -0.2) is 44.1 Å². The number of ether oxygens (including phenoxy) is 2. The van der Waals surface area contributed by atoms with Gasteiger partial charge in [0, 0.05) is 35.8 Å². The molecule has 3 aromatic rings. The Morgan fingerprint density at radius 2 is 1.97 bits per heavy atom. The van der Waals surface area contributed by atoms with Gasteiger partial charge in [0.05, 0.1) is 30.7 Å². The molecule has 0 aliphatic carbocycles. The van der Waals surface area contributed by atoms with Crippen molar-refractivity contribution >= 4 is 40.4 Å². The van der Waals surface area contributed by atoms with Gasteiger partial charge < -0.3 is 19.7 Å². The summed E-state index contributed by atoms with van der Waals surface area (Å²) in [7, 11) is 3.16. The van der Waals surface area contributed by atoms with Crippen LogP contribution in [-0.2, 0) is 9.53 Å². The van der Waals surface area contributed by atoms with Gasteiger partial charge in [0.15, 0.2) is 0 Å².